The third-order valence-corrected chi connectivity index (χ3v) is 3.59. The maximum absolute atomic E-state index is 12.1. The van der Waals surface area contributed by atoms with E-state index in [2.05, 4.69) is 10.6 Å². The molecule has 104 valence electrons. The Morgan fingerprint density at radius 2 is 2.42 bits per heavy atom. The molecule has 1 aromatic carbocycles. The van der Waals surface area contributed by atoms with E-state index in [9.17, 15) is 4.79 Å². The number of carbonyl (C=O) groups excluding carboxylic acids is 1. The Kier molecular flexibility index (Phi) is 5.05. The van der Waals surface area contributed by atoms with Gasteiger partial charge in [0.1, 0.15) is 5.75 Å². The second-order valence-corrected chi connectivity index (χ2v) is 5.20. The summed E-state index contributed by atoms with van der Waals surface area (Å²) in [7, 11) is 1.54. The minimum atomic E-state index is -0.112. The highest BCUT2D eigenvalue weighted by atomic mass is 35.5. The van der Waals surface area contributed by atoms with Gasteiger partial charge >= 0.3 is 0 Å². The van der Waals surface area contributed by atoms with Crippen molar-refractivity contribution in [1.82, 2.24) is 10.6 Å². The van der Waals surface area contributed by atoms with E-state index in [1.165, 1.54) is 13.5 Å². The van der Waals surface area contributed by atoms with Crippen LogP contribution in [0.4, 0.5) is 0 Å². The standard InChI is InChI=1S/C14H19ClN2O2/c1-19-13-7-11(15)4-5-12(13)14(18)17-9-10-3-2-6-16-8-10/h4-5,7,10,16H,2-3,6,8-9H2,1H3,(H,17,18). The first-order chi connectivity index (χ1) is 9.20. The summed E-state index contributed by atoms with van der Waals surface area (Å²) >= 11 is 5.88. The van der Waals surface area contributed by atoms with E-state index < -0.39 is 0 Å². The highest BCUT2D eigenvalue weighted by molar-refractivity contribution is 6.30. The zero-order valence-corrected chi connectivity index (χ0v) is 11.8. The van der Waals surface area contributed by atoms with Crippen LogP contribution in [0.5, 0.6) is 5.75 Å². The van der Waals surface area contributed by atoms with Crippen LogP contribution in [0.25, 0.3) is 0 Å². The van der Waals surface area contributed by atoms with Gasteiger partial charge in [-0.2, -0.15) is 0 Å². The quantitative estimate of drug-likeness (QED) is 0.889. The van der Waals surface area contributed by atoms with E-state index in [0.717, 1.165) is 19.5 Å². The van der Waals surface area contributed by atoms with Gasteiger partial charge in [-0.25, -0.2) is 0 Å². The number of amides is 1. The predicted octanol–water partition coefficient (Wildman–Crippen LogP) is 2.08. The maximum Gasteiger partial charge on any atom is 0.255 e. The van der Waals surface area contributed by atoms with Gasteiger partial charge in [0.15, 0.2) is 0 Å². The van der Waals surface area contributed by atoms with Crippen LogP contribution >= 0.6 is 11.6 Å². The van der Waals surface area contributed by atoms with Crippen LogP contribution < -0.4 is 15.4 Å². The van der Waals surface area contributed by atoms with E-state index in [1.54, 1.807) is 18.2 Å². The third-order valence-electron chi connectivity index (χ3n) is 3.36. The fourth-order valence-electron chi connectivity index (χ4n) is 2.28. The number of benzene rings is 1. The maximum atomic E-state index is 12.1. The number of piperidine rings is 1. The van der Waals surface area contributed by atoms with Crippen molar-refractivity contribution in [2.75, 3.05) is 26.7 Å². The smallest absolute Gasteiger partial charge is 0.255 e. The van der Waals surface area contributed by atoms with Crippen molar-refractivity contribution < 1.29 is 9.53 Å². The van der Waals surface area contributed by atoms with Crippen LogP contribution in [-0.2, 0) is 0 Å². The van der Waals surface area contributed by atoms with Crippen molar-refractivity contribution in [1.29, 1.82) is 0 Å². The van der Waals surface area contributed by atoms with E-state index in [0.29, 0.717) is 28.8 Å². The molecule has 1 aromatic rings. The molecule has 0 spiro atoms. The zero-order valence-electron chi connectivity index (χ0n) is 11.0. The van der Waals surface area contributed by atoms with Crippen LogP contribution in [0.15, 0.2) is 18.2 Å². The molecule has 19 heavy (non-hydrogen) atoms. The Balaban J connectivity index is 1.95. The van der Waals surface area contributed by atoms with Gasteiger partial charge in [-0.1, -0.05) is 11.6 Å². The number of hydrogen-bond acceptors (Lipinski definition) is 3. The Morgan fingerprint density at radius 1 is 1.58 bits per heavy atom. The van der Waals surface area contributed by atoms with E-state index >= 15 is 0 Å². The molecule has 0 bridgehead atoms. The summed E-state index contributed by atoms with van der Waals surface area (Å²) < 4.78 is 5.18. The second kappa shape index (κ2) is 6.78. The highest BCUT2D eigenvalue weighted by Crippen LogP contribution is 2.23. The van der Waals surface area contributed by atoms with Crippen LogP contribution in [0.3, 0.4) is 0 Å². The molecule has 0 radical (unpaired) electrons. The summed E-state index contributed by atoms with van der Waals surface area (Å²) in [5.74, 6) is 0.904. The van der Waals surface area contributed by atoms with Crippen LogP contribution in [0.2, 0.25) is 5.02 Å². The van der Waals surface area contributed by atoms with Crippen LogP contribution in [0, 0.1) is 5.92 Å². The number of rotatable bonds is 4. The van der Waals surface area contributed by atoms with E-state index in [-0.39, 0.29) is 5.91 Å². The summed E-state index contributed by atoms with van der Waals surface area (Å²) in [4.78, 5) is 12.1. The number of methoxy groups -OCH3 is 1. The Labute approximate surface area is 118 Å². The van der Waals surface area contributed by atoms with Gasteiger partial charge in [0, 0.05) is 11.6 Å². The molecule has 1 fully saturated rings. The molecule has 0 saturated carbocycles. The van der Waals surface area contributed by atoms with Gasteiger partial charge in [0.2, 0.25) is 0 Å². The van der Waals surface area contributed by atoms with Gasteiger partial charge in [0.25, 0.3) is 5.91 Å². The molecular formula is C14H19ClN2O2. The lowest BCUT2D eigenvalue weighted by molar-refractivity contribution is 0.0942. The normalized spacial score (nSPS) is 18.9. The van der Waals surface area contributed by atoms with Gasteiger partial charge in [-0.15, -0.1) is 0 Å². The zero-order chi connectivity index (χ0) is 13.7. The number of halogens is 1. The minimum absolute atomic E-state index is 0.112. The Morgan fingerprint density at radius 3 is 3.11 bits per heavy atom. The van der Waals surface area contributed by atoms with Crippen molar-refractivity contribution in [3.8, 4) is 5.75 Å². The lowest BCUT2D eigenvalue weighted by atomic mass is 9.99. The largest absolute Gasteiger partial charge is 0.496 e. The van der Waals surface area contributed by atoms with Gasteiger partial charge in [-0.05, 0) is 50.0 Å². The van der Waals surface area contributed by atoms with Crippen molar-refractivity contribution >= 4 is 17.5 Å². The average molecular weight is 283 g/mol. The summed E-state index contributed by atoms with van der Waals surface area (Å²) in [5, 5.41) is 6.86. The molecule has 1 unspecified atom stereocenters. The third kappa shape index (κ3) is 3.85. The number of carbonyl (C=O) groups is 1. The lowest BCUT2D eigenvalue weighted by Crippen LogP contribution is -2.38. The Bertz CT molecular complexity index is 445. The first kappa shape index (κ1) is 14.2. The minimum Gasteiger partial charge on any atom is -0.496 e. The first-order valence-corrected chi connectivity index (χ1v) is 6.91. The van der Waals surface area contributed by atoms with Crippen molar-refractivity contribution in [3.63, 3.8) is 0 Å². The molecule has 1 amide bonds. The Hall–Kier alpha value is -1.26. The molecule has 1 saturated heterocycles. The van der Waals surface area contributed by atoms with Gasteiger partial charge in [0.05, 0.1) is 12.7 Å². The second-order valence-electron chi connectivity index (χ2n) is 4.77. The van der Waals surface area contributed by atoms with Crippen molar-refractivity contribution in [2.45, 2.75) is 12.8 Å². The lowest BCUT2D eigenvalue weighted by Gasteiger charge is -2.23. The fourth-order valence-corrected chi connectivity index (χ4v) is 2.45. The van der Waals surface area contributed by atoms with Crippen molar-refractivity contribution in [3.05, 3.63) is 28.8 Å². The van der Waals surface area contributed by atoms with Crippen LogP contribution in [0.1, 0.15) is 23.2 Å². The van der Waals surface area contributed by atoms with E-state index in [1.807, 2.05) is 0 Å². The molecule has 2 rings (SSSR count). The van der Waals surface area contributed by atoms with Gasteiger partial charge in [-0.3, -0.25) is 4.79 Å². The molecule has 1 aliphatic rings. The molecule has 0 aromatic heterocycles. The molecule has 0 aliphatic carbocycles. The molecular weight excluding hydrogens is 264 g/mol. The summed E-state index contributed by atoms with van der Waals surface area (Å²) in [6.45, 7) is 2.74. The first-order valence-electron chi connectivity index (χ1n) is 6.53. The molecule has 1 aliphatic heterocycles. The average Bonchev–Trinajstić information content (AvgIpc) is 2.45. The summed E-state index contributed by atoms with van der Waals surface area (Å²) in [6.07, 6.45) is 2.33. The SMILES string of the molecule is COc1cc(Cl)ccc1C(=O)NCC1CCCNC1. The molecule has 4 nitrogen and oxygen atoms in total. The fraction of sp³-hybridized carbons (Fsp3) is 0.500. The molecule has 5 heteroatoms. The summed E-state index contributed by atoms with van der Waals surface area (Å²) in [5.41, 5.74) is 0.524. The summed E-state index contributed by atoms with van der Waals surface area (Å²) in [6, 6.07) is 5.04. The number of ether oxygens (including phenoxy) is 1. The monoisotopic (exact) mass is 282 g/mol. The molecule has 1 heterocycles. The predicted molar refractivity (Wildman–Crippen MR) is 75.9 cm³/mol. The van der Waals surface area contributed by atoms with Gasteiger partial charge < -0.3 is 15.4 Å². The highest BCUT2D eigenvalue weighted by Gasteiger charge is 2.16. The number of hydrogen-bond donors (Lipinski definition) is 2. The number of nitrogens with one attached hydrogen (secondary N) is 2. The molecule has 2 N–H and O–H groups in total. The van der Waals surface area contributed by atoms with Crippen molar-refractivity contribution in [2.24, 2.45) is 5.92 Å². The van der Waals surface area contributed by atoms with E-state index in [4.69, 9.17) is 16.3 Å². The topological polar surface area (TPSA) is 50.4 Å². The van der Waals surface area contributed by atoms with Crippen LogP contribution in [-0.4, -0.2) is 32.7 Å². The molecule has 1 atom stereocenters.